The van der Waals surface area contributed by atoms with Gasteiger partial charge in [-0.3, -0.25) is 20.1 Å². The van der Waals surface area contributed by atoms with E-state index in [0.717, 1.165) is 76.8 Å². The number of nitro benzene ring substituents is 1. The quantitative estimate of drug-likeness (QED) is 0.0226. The van der Waals surface area contributed by atoms with Gasteiger partial charge in [-0.25, -0.2) is 0 Å². The number of nitrogens with zero attached hydrogens (tertiary/aromatic N) is 4. The molecule has 1 aromatic heterocycles. The van der Waals surface area contributed by atoms with E-state index < -0.39 is 10.7 Å². The van der Waals surface area contributed by atoms with Gasteiger partial charge in [0.1, 0.15) is 18.1 Å². The van der Waals surface area contributed by atoms with E-state index in [-0.39, 0.29) is 61.0 Å². The molecular weight excluding hydrogens is 825 g/mol. The summed E-state index contributed by atoms with van der Waals surface area (Å²) in [5.74, 6) is 1.85. The summed E-state index contributed by atoms with van der Waals surface area (Å²) < 4.78 is 20.8. The van der Waals surface area contributed by atoms with Gasteiger partial charge < -0.3 is 29.3 Å². The number of benzene rings is 3. The van der Waals surface area contributed by atoms with Crippen LogP contribution >= 0.6 is 23.5 Å². The Balaban J connectivity index is 1.30. The molecule has 2 N–H and O–H groups in total. The lowest BCUT2D eigenvalue weighted by molar-refractivity contribution is -0.384. The molecule has 12 nitrogen and oxygen atoms in total. The third-order valence-electron chi connectivity index (χ3n) is 11.8. The number of aromatic nitrogens is 2. The van der Waals surface area contributed by atoms with E-state index in [4.69, 9.17) is 24.2 Å². The molecule has 3 aliphatic rings. The molecule has 7 rings (SSSR count). The Bertz CT molecular complexity index is 2130. The van der Waals surface area contributed by atoms with Crippen LogP contribution in [0.25, 0.3) is 0 Å². The molecule has 328 valence electrons. The number of hydrogen-bond acceptors (Lipinski definition) is 13. The molecule has 2 aliphatic carbocycles. The minimum atomic E-state index is -1.11. The molecule has 0 spiro atoms. The van der Waals surface area contributed by atoms with Crippen molar-refractivity contribution in [2.45, 2.75) is 79.8 Å². The molecule has 0 amide bonds. The minimum Gasteiger partial charge on any atom is -0.493 e. The van der Waals surface area contributed by atoms with Crippen LogP contribution < -0.4 is 9.47 Å². The Kier molecular flexibility index (Phi) is 16.5. The molecule has 0 saturated heterocycles. The predicted octanol–water partition coefficient (Wildman–Crippen LogP) is 9.37. The largest absolute Gasteiger partial charge is 0.493 e. The number of aliphatic hydroxyl groups excluding tert-OH is 2. The summed E-state index contributed by atoms with van der Waals surface area (Å²) in [5, 5.41) is 35.8. The highest BCUT2D eigenvalue weighted by atomic mass is 32.2. The average molecular weight is 881 g/mol. The number of fused-ring (bicyclic) bond motifs is 2. The maximum absolute atomic E-state index is 11.3. The molecular formula is C48H56N4O8S2. The molecule has 1 saturated carbocycles. The number of nitro groups is 1. The monoisotopic (exact) mass is 880 g/mol. The van der Waals surface area contributed by atoms with E-state index >= 15 is 0 Å². The normalized spacial score (nSPS) is 23.1. The number of aliphatic hydroxyl groups is 2. The maximum atomic E-state index is 11.3. The number of thioether (sulfide) groups is 2. The van der Waals surface area contributed by atoms with Gasteiger partial charge in [-0.1, -0.05) is 48.3 Å². The Labute approximate surface area is 372 Å². The second kappa shape index (κ2) is 22.6. The standard InChI is InChI=1S/C48H56N4O8S2/c1-2-25-58-48-45(62-27-20-36-32-49-21-22-50-36)31-43(51-59-33-34-14-16-37(17-15-34)52(55)56)41-29-35(10-6-8-23-53)40(13-7-9-24-54)46(47(41)48)42-30-38(18-19-44(42)60-48)57-26-28-61-39-11-4-3-5-12-39/h2-5,11-12,14-19,21-22,29-30,32,35,40,45-47,53-54H,1,6-10,13,20,23-28,31,33H2. The SMILES string of the molecule is C=CCOC12Oc3ccc(OCCSc4ccccc4)cc3C3C(CCCCO)C(CCCCO)C=C(C(=NOCc4ccc([N+](=O)[O-])cc4)CC1SCCc1cnccn1)C32. The van der Waals surface area contributed by atoms with Crippen molar-refractivity contribution in [3.63, 3.8) is 0 Å². The number of non-ortho nitro benzene ring substituents is 1. The van der Waals surface area contributed by atoms with E-state index in [0.29, 0.717) is 32.3 Å². The number of rotatable bonds is 24. The number of unbranched alkanes of at least 4 members (excludes halogenated alkanes) is 2. The molecule has 4 aromatic rings. The minimum absolute atomic E-state index is 0.0148. The van der Waals surface area contributed by atoms with Gasteiger partial charge in [0.2, 0.25) is 5.79 Å². The van der Waals surface area contributed by atoms with Crippen LogP contribution in [0.2, 0.25) is 0 Å². The predicted molar refractivity (Wildman–Crippen MR) is 244 cm³/mol. The summed E-state index contributed by atoms with van der Waals surface area (Å²) in [7, 11) is 0. The van der Waals surface area contributed by atoms with Crippen LogP contribution in [0.4, 0.5) is 5.69 Å². The van der Waals surface area contributed by atoms with Gasteiger partial charge in [0.15, 0.2) is 0 Å². The van der Waals surface area contributed by atoms with Crippen LogP contribution in [0.3, 0.4) is 0 Å². The first kappa shape index (κ1) is 45.3. The molecule has 6 atom stereocenters. The van der Waals surface area contributed by atoms with Crippen LogP contribution in [-0.2, 0) is 22.6 Å². The zero-order chi connectivity index (χ0) is 43.2. The molecule has 2 heterocycles. The lowest BCUT2D eigenvalue weighted by atomic mass is 9.56. The number of oxime groups is 1. The van der Waals surface area contributed by atoms with Gasteiger partial charge in [-0.2, -0.15) is 11.8 Å². The van der Waals surface area contributed by atoms with Crippen molar-refractivity contribution < 1.29 is 34.2 Å². The van der Waals surface area contributed by atoms with Crippen molar-refractivity contribution in [1.82, 2.24) is 9.97 Å². The number of aryl methyl sites for hydroxylation is 1. The molecule has 1 aliphatic heterocycles. The van der Waals surface area contributed by atoms with E-state index in [2.05, 4.69) is 40.8 Å². The van der Waals surface area contributed by atoms with Crippen LogP contribution in [-0.4, -0.2) is 79.8 Å². The third kappa shape index (κ3) is 11.1. The highest BCUT2D eigenvalue weighted by Crippen LogP contribution is 2.62. The lowest BCUT2D eigenvalue weighted by Gasteiger charge is -2.58. The summed E-state index contributed by atoms with van der Waals surface area (Å²) in [6, 6.07) is 22.8. The van der Waals surface area contributed by atoms with E-state index in [1.54, 1.807) is 60.3 Å². The highest BCUT2D eigenvalue weighted by molar-refractivity contribution is 8.00. The van der Waals surface area contributed by atoms with Crippen molar-refractivity contribution in [3.05, 3.63) is 143 Å². The zero-order valence-corrected chi connectivity index (χ0v) is 36.6. The first-order valence-electron chi connectivity index (χ1n) is 21.5. The fourth-order valence-corrected chi connectivity index (χ4v) is 11.2. The van der Waals surface area contributed by atoms with Gasteiger partial charge in [-0.15, -0.1) is 18.3 Å². The third-order valence-corrected chi connectivity index (χ3v) is 14.1. The molecule has 3 aromatic carbocycles. The zero-order valence-electron chi connectivity index (χ0n) is 35.0. The summed E-state index contributed by atoms with van der Waals surface area (Å²) in [4.78, 5) is 27.1. The Morgan fingerprint density at radius 1 is 1.00 bits per heavy atom. The maximum Gasteiger partial charge on any atom is 0.269 e. The molecule has 0 bridgehead atoms. The number of allylic oxidation sites excluding steroid dienone is 1. The van der Waals surface area contributed by atoms with Gasteiger partial charge in [0.05, 0.1) is 40.7 Å². The molecule has 14 heteroatoms. The van der Waals surface area contributed by atoms with Crippen molar-refractivity contribution in [3.8, 4) is 11.5 Å². The number of hydrogen-bond donors (Lipinski definition) is 2. The van der Waals surface area contributed by atoms with E-state index in [1.807, 2.05) is 30.3 Å². The Hall–Kier alpha value is -4.73. The summed E-state index contributed by atoms with van der Waals surface area (Å²) in [5.41, 5.74) is 4.57. The smallest absolute Gasteiger partial charge is 0.269 e. The summed E-state index contributed by atoms with van der Waals surface area (Å²) in [6.07, 6.45) is 15.4. The first-order valence-corrected chi connectivity index (χ1v) is 23.6. The van der Waals surface area contributed by atoms with E-state index in [9.17, 15) is 20.3 Å². The molecule has 6 unspecified atom stereocenters. The lowest BCUT2D eigenvalue weighted by Crippen LogP contribution is -2.64. The second-order valence-corrected chi connectivity index (χ2v) is 18.2. The Morgan fingerprint density at radius 2 is 1.81 bits per heavy atom. The van der Waals surface area contributed by atoms with Gasteiger partial charge in [0.25, 0.3) is 5.69 Å². The average Bonchev–Trinajstić information content (AvgIpc) is 3.30. The van der Waals surface area contributed by atoms with Crippen LogP contribution in [0.5, 0.6) is 11.5 Å². The second-order valence-electron chi connectivity index (χ2n) is 15.8. The topological polar surface area (TPSA) is 159 Å². The fraction of sp³-hybridized carbons (Fsp3) is 0.438. The number of ether oxygens (including phenoxy) is 3. The fourth-order valence-electron chi connectivity index (χ4n) is 9.06. The molecule has 0 radical (unpaired) electrons. The van der Waals surface area contributed by atoms with Crippen molar-refractivity contribution in [2.75, 3.05) is 37.9 Å². The summed E-state index contributed by atoms with van der Waals surface area (Å²) >= 11 is 3.52. The van der Waals surface area contributed by atoms with Gasteiger partial charge in [-0.05, 0) is 96.9 Å². The van der Waals surface area contributed by atoms with Crippen molar-refractivity contribution in [2.24, 2.45) is 22.9 Å². The molecule has 1 fully saturated rings. The van der Waals surface area contributed by atoms with Crippen LogP contribution in [0, 0.1) is 27.9 Å². The van der Waals surface area contributed by atoms with Gasteiger partial charge in [0, 0.05) is 78.9 Å². The highest BCUT2D eigenvalue weighted by Gasteiger charge is 2.64. The first-order chi connectivity index (χ1) is 30.4. The van der Waals surface area contributed by atoms with Crippen molar-refractivity contribution in [1.29, 1.82) is 0 Å². The van der Waals surface area contributed by atoms with E-state index in [1.165, 1.54) is 17.0 Å². The van der Waals surface area contributed by atoms with Crippen LogP contribution in [0.1, 0.15) is 67.7 Å². The summed E-state index contributed by atoms with van der Waals surface area (Å²) in [6.45, 7) is 5.23. The molecule has 62 heavy (non-hydrogen) atoms. The van der Waals surface area contributed by atoms with Crippen molar-refractivity contribution >= 4 is 34.9 Å². The Morgan fingerprint density at radius 3 is 2.55 bits per heavy atom. The van der Waals surface area contributed by atoms with Gasteiger partial charge >= 0.3 is 0 Å². The van der Waals surface area contributed by atoms with Crippen LogP contribution in [0.15, 0.2) is 126 Å².